The van der Waals surface area contributed by atoms with E-state index in [4.69, 9.17) is 15.6 Å². The zero-order valence-corrected chi connectivity index (χ0v) is 13.7. The number of aliphatic carboxylic acids is 2. The number of anilines is 1. The van der Waals surface area contributed by atoms with Gasteiger partial charge in [-0.15, -0.1) is 0 Å². The lowest BCUT2D eigenvalue weighted by atomic mass is 9.86. The van der Waals surface area contributed by atoms with Gasteiger partial charge < -0.3 is 36.0 Å². The molecule has 3 rings (SSSR count). The summed E-state index contributed by atoms with van der Waals surface area (Å²) in [6.07, 6.45) is -3.79. The van der Waals surface area contributed by atoms with Crippen LogP contribution in [0, 0.1) is 5.92 Å². The van der Waals surface area contributed by atoms with Gasteiger partial charge in [0.2, 0.25) is 0 Å². The first-order chi connectivity index (χ1) is 12.7. The van der Waals surface area contributed by atoms with Crippen molar-refractivity contribution < 1.29 is 39.9 Å². The Kier molecular flexibility index (Phi) is 4.69. The van der Waals surface area contributed by atoms with E-state index in [1.165, 1.54) is 0 Å². The van der Waals surface area contributed by atoms with Crippen molar-refractivity contribution in [1.82, 2.24) is 19.5 Å². The molecular weight excluding hydrogens is 366 g/mol. The number of carbonyl (C=O) groups is 2. The molecule has 1 aliphatic heterocycles. The number of carboxylic acid groups (broad SMARTS) is 2. The quantitative estimate of drug-likeness (QED) is 0.302. The molecule has 0 aliphatic carbocycles. The predicted octanol–water partition coefficient (Wildman–Crippen LogP) is -2.65. The zero-order chi connectivity index (χ0) is 19.9. The number of imidazole rings is 1. The van der Waals surface area contributed by atoms with Crippen LogP contribution >= 0.6 is 0 Å². The highest BCUT2D eigenvalue weighted by Gasteiger charge is 2.62. The molecule has 146 valence electrons. The van der Waals surface area contributed by atoms with Crippen LogP contribution in [0.15, 0.2) is 12.7 Å². The van der Waals surface area contributed by atoms with Gasteiger partial charge >= 0.3 is 11.9 Å². The topological polar surface area (TPSA) is 214 Å². The third-order valence-electron chi connectivity index (χ3n) is 4.56. The summed E-state index contributed by atoms with van der Waals surface area (Å²) in [5, 5.41) is 49.1. The fourth-order valence-electron chi connectivity index (χ4n) is 3.32. The second-order valence-electron chi connectivity index (χ2n) is 6.06. The number of aliphatic hydroxyl groups is 3. The number of hydrogen-bond acceptors (Lipinski definition) is 10. The highest BCUT2D eigenvalue weighted by Crippen LogP contribution is 2.44. The molecule has 1 fully saturated rings. The summed E-state index contributed by atoms with van der Waals surface area (Å²) >= 11 is 0. The van der Waals surface area contributed by atoms with E-state index in [1.54, 1.807) is 0 Å². The molecule has 1 saturated heterocycles. The Morgan fingerprint density at radius 1 is 1.30 bits per heavy atom. The maximum Gasteiger partial charge on any atom is 0.312 e. The average Bonchev–Trinajstić information content (AvgIpc) is 3.15. The summed E-state index contributed by atoms with van der Waals surface area (Å²) < 4.78 is 6.57. The molecule has 0 amide bonds. The Balaban J connectivity index is 2.29. The van der Waals surface area contributed by atoms with Gasteiger partial charge in [0.1, 0.15) is 36.1 Å². The number of rotatable bonds is 6. The number of nitrogens with zero attached hydrogens (tertiary/aromatic N) is 4. The number of ether oxygens (including phenoxy) is 1. The van der Waals surface area contributed by atoms with Crippen molar-refractivity contribution in [3.05, 3.63) is 12.7 Å². The largest absolute Gasteiger partial charge is 0.481 e. The summed E-state index contributed by atoms with van der Waals surface area (Å²) in [4.78, 5) is 34.8. The standard InChI is InChI=1S/C14H17N5O8/c15-11-8-12(17-3-16-11)19(4-18-8)14(5(13(25)26)1-7(21)22)10(24)9(23)6(2-20)27-14/h3-6,9-10,20,23-24H,1-2H2,(H,21,22)(H,25,26)(H2,15,16,17)/t5?,6-,9-,10-,14-/m1/s1. The number of carboxylic acids is 2. The van der Waals surface area contributed by atoms with Crippen molar-refractivity contribution >= 4 is 28.9 Å². The molecule has 13 heteroatoms. The summed E-state index contributed by atoms with van der Waals surface area (Å²) in [5.74, 6) is -4.97. The van der Waals surface area contributed by atoms with Crippen LogP contribution in [0.3, 0.4) is 0 Å². The third-order valence-corrected chi connectivity index (χ3v) is 4.56. The molecule has 3 heterocycles. The molecule has 2 aromatic rings. The van der Waals surface area contributed by atoms with Gasteiger partial charge in [0.15, 0.2) is 17.2 Å². The molecule has 27 heavy (non-hydrogen) atoms. The van der Waals surface area contributed by atoms with Gasteiger partial charge in [0, 0.05) is 0 Å². The smallest absolute Gasteiger partial charge is 0.312 e. The van der Waals surface area contributed by atoms with Gasteiger partial charge in [-0.05, 0) is 0 Å². The minimum atomic E-state index is -2.31. The van der Waals surface area contributed by atoms with Crippen molar-refractivity contribution in [3.8, 4) is 0 Å². The molecule has 2 aromatic heterocycles. The minimum absolute atomic E-state index is 0.0363. The van der Waals surface area contributed by atoms with Crippen molar-refractivity contribution in [1.29, 1.82) is 0 Å². The predicted molar refractivity (Wildman–Crippen MR) is 85.1 cm³/mol. The second kappa shape index (κ2) is 6.70. The van der Waals surface area contributed by atoms with Crippen LogP contribution in [0.5, 0.6) is 0 Å². The van der Waals surface area contributed by atoms with Gasteiger partial charge in [-0.1, -0.05) is 0 Å². The third kappa shape index (κ3) is 2.76. The zero-order valence-electron chi connectivity index (χ0n) is 13.7. The van der Waals surface area contributed by atoms with Gasteiger partial charge in [-0.3, -0.25) is 14.2 Å². The summed E-state index contributed by atoms with van der Waals surface area (Å²) in [5.41, 5.74) is 3.43. The summed E-state index contributed by atoms with van der Waals surface area (Å²) in [6.45, 7) is -0.747. The number of hydrogen-bond donors (Lipinski definition) is 6. The van der Waals surface area contributed by atoms with Gasteiger partial charge in [-0.25, -0.2) is 15.0 Å². The molecule has 0 aromatic carbocycles. The lowest BCUT2D eigenvalue weighted by Crippen LogP contribution is -2.54. The Bertz CT molecular complexity index is 888. The van der Waals surface area contributed by atoms with E-state index in [0.29, 0.717) is 0 Å². The molecule has 0 radical (unpaired) electrons. The molecule has 1 unspecified atom stereocenters. The maximum atomic E-state index is 11.9. The summed E-state index contributed by atoms with van der Waals surface area (Å²) in [7, 11) is 0. The van der Waals surface area contributed by atoms with E-state index in [0.717, 1.165) is 17.2 Å². The second-order valence-corrected chi connectivity index (χ2v) is 6.06. The Labute approximate surface area is 150 Å². The lowest BCUT2D eigenvalue weighted by molar-refractivity contribution is -0.200. The fraction of sp³-hybridized carbons (Fsp3) is 0.500. The van der Waals surface area contributed by atoms with E-state index >= 15 is 0 Å². The SMILES string of the molecule is Nc1ncnc2c1ncn2[C@]1(C(CC(=O)O)C(=O)O)O[C@H](CO)[C@@H](O)[C@H]1O. The van der Waals surface area contributed by atoms with Crippen molar-refractivity contribution in [2.45, 2.75) is 30.5 Å². The highest BCUT2D eigenvalue weighted by atomic mass is 16.6. The number of aliphatic hydroxyl groups excluding tert-OH is 3. The van der Waals surface area contributed by atoms with Gasteiger partial charge in [0.05, 0.1) is 19.4 Å². The van der Waals surface area contributed by atoms with E-state index in [-0.39, 0.29) is 17.0 Å². The minimum Gasteiger partial charge on any atom is -0.481 e. The van der Waals surface area contributed by atoms with E-state index in [1.807, 2.05) is 0 Å². The summed E-state index contributed by atoms with van der Waals surface area (Å²) in [6, 6.07) is 0. The van der Waals surface area contributed by atoms with Crippen molar-refractivity contribution in [3.63, 3.8) is 0 Å². The van der Waals surface area contributed by atoms with Crippen LogP contribution in [-0.4, -0.2) is 81.9 Å². The normalized spacial score (nSPS) is 29.1. The van der Waals surface area contributed by atoms with E-state index in [9.17, 15) is 30.0 Å². The van der Waals surface area contributed by atoms with E-state index < -0.39 is 54.9 Å². The number of aromatic nitrogens is 4. The number of nitrogens with two attached hydrogens (primary N) is 1. The Morgan fingerprint density at radius 3 is 2.56 bits per heavy atom. The highest BCUT2D eigenvalue weighted by molar-refractivity contribution is 5.83. The first kappa shape index (κ1) is 18.9. The lowest BCUT2D eigenvalue weighted by Gasteiger charge is -2.37. The molecule has 0 bridgehead atoms. The maximum absolute atomic E-state index is 11.9. The van der Waals surface area contributed by atoms with Crippen molar-refractivity contribution in [2.24, 2.45) is 5.92 Å². The van der Waals surface area contributed by atoms with Crippen LogP contribution in [0.2, 0.25) is 0 Å². The molecule has 5 atom stereocenters. The van der Waals surface area contributed by atoms with Gasteiger partial charge in [0.25, 0.3) is 0 Å². The van der Waals surface area contributed by atoms with Crippen LogP contribution in [0.1, 0.15) is 6.42 Å². The van der Waals surface area contributed by atoms with E-state index in [2.05, 4.69) is 15.0 Å². The molecule has 7 N–H and O–H groups in total. The molecule has 13 nitrogen and oxygen atoms in total. The fourth-order valence-corrected chi connectivity index (χ4v) is 3.32. The number of nitrogen functional groups attached to an aromatic ring is 1. The molecular formula is C14H17N5O8. The molecule has 0 saturated carbocycles. The molecule has 1 aliphatic rings. The first-order valence-corrected chi connectivity index (χ1v) is 7.77. The first-order valence-electron chi connectivity index (χ1n) is 7.77. The average molecular weight is 383 g/mol. The van der Waals surface area contributed by atoms with Crippen LogP contribution in [0.25, 0.3) is 11.2 Å². The molecule has 0 spiro atoms. The number of fused-ring (bicyclic) bond motifs is 1. The van der Waals surface area contributed by atoms with Crippen LogP contribution < -0.4 is 5.73 Å². The Morgan fingerprint density at radius 2 is 2.00 bits per heavy atom. The van der Waals surface area contributed by atoms with Crippen molar-refractivity contribution in [2.75, 3.05) is 12.3 Å². The Hall–Kier alpha value is -2.87. The van der Waals surface area contributed by atoms with Crippen LogP contribution in [0.4, 0.5) is 5.82 Å². The van der Waals surface area contributed by atoms with Gasteiger partial charge in [-0.2, -0.15) is 0 Å². The van der Waals surface area contributed by atoms with Crippen LogP contribution in [-0.2, 0) is 20.1 Å². The monoisotopic (exact) mass is 383 g/mol.